The summed E-state index contributed by atoms with van der Waals surface area (Å²) >= 11 is 11.5. The molecular weight excluding hydrogens is 335 g/mol. The maximum atomic E-state index is 12.6. The average molecular weight is 347 g/mol. The molecule has 21 heavy (non-hydrogen) atoms. The zero-order valence-corrected chi connectivity index (χ0v) is 13.6. The number of sulfonamides is 1. The van der Waals surface area contributed by atoms with Gasteiger partial charge in [0.05, 0.1) is 17.8 Å². The highest BCUT2D eigenvalue weighted by Gasteiger charge is 2.24. The normalized spacial score (nSPS) is 11.2. The SMILES string of the molecule is COc1ccccc1N(C)S(=O)(=O)c1cnc(Cl)c(Cl)c1. The summed E-state index contributed by atoms with van der Waals surface area (Å²) in [6.45, 7) is 0. The maximum absolute atomic E-state index is 12.6. The van der Waals surface area contributed by atoms with Crippen molar-refractivity contribution in [3.8, 4) is 5.75 Å². The molecule has 0 spiro atoms. The van der Waals surface area contributed by atoms with Gasteiger partial charge in [-0.2, -0.15) is 0 Å². The molecule has 0 amide bonds. The van der Waals surface area contributed by atoms with Crippen molar-refractivity contribution in [3.05, 3.63) is 46.7 Å². The molecule has 8 heteroatoms. The third-order valence-electron chi connectivity index (χ3n) is 2.85. The molecule has 0 aliphatic carbocycles. The monoisotopic (exact) mass is 346 g/mol. The van der Waals surface area contributed by atoms with Gasteiger partial charge in [0.2, 0.25) is 0 Å². The zero-order chi connectivity index (χ0) is 15.6. The van der Waals surface area contributed by atoms with E-state index in [1.807, 2.05) is 0 Å². The van der Waals surface area contributed by atoms with Gasteiger partial charge in [0.15, 0.2) is 0 Å². The van der Waals surface area contributed by atoms with Crippen molar-refractivity contribution in [1.82, 2.24) is 4.98 Å². The molecule has 112 valence electrons. The first kappa shape index (κ1) is 15.9. The van der Waals surface area contributed by atoms with E-state index in [-0.39, 0.29) is 15.1 Å². The van der Waals surface area contributed by atoms with E-state index in [4.69, 9.17) is 27.9 Å². The van der Waals surface area contributed by atoms with Crippen LogP contribution in [0.15, 0.2) is 41.4 Å². The van der Waals surface area contributed by atoms with Gasteiger partial charge in [0, 0.05) is 13.2 Å². The predicted molar refractivity (Wildman–Crippen MR) is 82.8 cm³/mol. The molecule has 0 saturated heterocycles. The number of hydrogen-bond donors (Lipinski definition) is 0. The number of methoxy groups -OCH3 is 1. The first-order chi connectivity index (χ1) is 9.87. The van der Waals surface area contributed by atoms with Crippen LogP contribution >= 0.6 is 23.2 Å². The Morgan fingerprint density at radius 2 is 1.90 bits per heavy atom. The minimum Gasteiger partial charge on any atom is -0.495 e. The highest BCUT2D eigenvalue weighted by Crippen LogP contribution is 2.31. The summed E-state index contributed by atoms with van der Waals surface area (Å²) in [6, 6.07) is 8.05. The number of hydrogen-bond acceptors (Lipinski definition) is 4. The average Bonchev–Trinajstić information content (AvgIpc) is 2.49. The molecule has 2 rings (SSSR count). The van der Waals surface area contributed by atoms with Crippen LogP contribution in [0.2, 0.25) is 10.2 Å². The summed E-state index contributed by atoms with van der Waals surface area (Å²) in [6.07, 6.45) is 1.16. The van der Waals surface area contributed by atoms with Crippen molar-refractivity contribution >= 4 is 38.9 Å². The number of para-hydroxylation sites is 2. The molecule has 0 atom stereocenters. The van der Waals surface area contributed by atoms with Crippen LogP contribution in [-0.2, 0) is 10.0 Å². The van der Waals surface area contributed by atoms with Gasteiger partial charge in [-0.05, 0) is 18.2 Å². The lowest BCUT2D eigenvalue weighted by Gasteiger charge is -2.21. The minimum atomic E-state index is -3.82. The van der Waals surface area contributed by atoms with Crippen LogP contribution < -0.4 is 9.04 Å². The molecule has 0 aliphatic heterocycles. The van der Waals surface area contributed by atoms with Crippen molar-refractivity contribution in [2.45, 2.75) is 4.90 Å². The van der Waals surface area contributed by atoms with E-state index in [9.17, 15) is 8.42 Å². The molecule has 0 saturated carbocycles. The molecular formula is C13H12Cl2N2O3S. The molecule has 5 nitrogen and oxygen atoms in total. The first-order valence-electron chi connectivity index (χ1n) is 5.81. The number of rotatable bonds is 4. The predicted octanol–water partition coefficient (Wildman–Crippen LogP) is 3.22. The van der Waals surface area contributed by atoms with Crippen LogP contribution in [0.4, 0.5) is 5.69 Å². The largest absolute Gasteiger partial charge is 0.495 e. The highest BCUT2D eigenvalue weighted by molar-refractivity contribution is 7.92. The molecule has 2 aromatic rings. The third-order valence-corrected chi connectivity index (χ3v) is 5.28. The van der Waals surface area contributed by atoms with Crippen LogP contribution in [0.1, 0.15) is 0 Å². The van der Waals surface area contributed by atoms with Crippen LogP contribution in [0.25, 0.3) is 0 Å². The maximum Gasteiger partial charge on any atom is 0.265 e. The van der Waals surface area contributed by atoms with Gasteiger partial charge in [-0.25, -0.2) is 13.4 Å². The molecule has 1 heterocycles. The van der Waals surface area contributed by atoms with Gasteiger partial charge < -0.3 is 4.74 Å². The minimum absolute atomic E-state index is 0.0506. The fourth-order valence-corrected chi connectivity index (χ4v) is 3.24. The summed E-state index contributed by atoms with van der Waals surface area (Å²) in [5, 5.41) is 0.127. The van der Waals surface area contributed by atoms with E-state index in [0.717, 1.165) is 10.5 Å². The van der Waals surface area contributed by atoms with Crippen molar-refractivity contribution in [3.63, 3.8) is 0 Å². The van der Waals surface area contributed by atoms with E-state index >= 15 is 0 Å². The van der Waals surface area contributed by atoms with Crippen molar-refractivity contribution in [2.24, 2.45) is 0 Å². The highest BCUT2D eigenvalue weighted by atomic mass is 35.5. The summed E-state index contributed by atoms with van der Waals surface area (Å²) < 4.78 is 31.5. The number of benzene rings is 1. The Kier molecular flexibility index (Phi) is 4.61. The van der Waals surface area contributed by atoms with E-state index < -0.39 is 10.0 Å². The summed E-state index contributed by atoms with van der Waals surface area (Å²) in [7, 11) is -0.918. The number of anilines is 1. The number of ether oxygens (including phenoxy) is 1. The lowest BCUT2D eigenvalue weighted by atomic mass is 10.3. The Bertz CT molecular complexity index is 766. The molecule has 0 bridgehead atoms. The van der Waals surface area contributed by atoms with Gasteiger partial charge in [0.25, 0.3) is 10.0 Å². The first-order valence-corrected chi connectivity index (χ1v) is 8.00. The molecule has 0 N–H and O–H groups in total. The zero-order valence-electron chi connectivity index (χ0n) is 11.2. The fourth-order valence-electron chi connectivity index (χ4n) is 1.72. The summed E-state index contributed by atoms with van der Waals surface area (Å²) in [5.41, 5.74) is 0.408. The van der Waals surface area contributed by atoms with Crippen molar-refractivity contribution < 1.29 is 13.2 Å². The van der Waals surface area contributed by atoms with Crippen LogP contribution in [0.5, 0.6) is 5.75 Å². The molecule has 1 aromatic carbocycles. The Morgan fingerprint density at radius 3 is 2.52 bits per heavy atom. The van der Waals surface area contributed by atoms with Crippen LogP contribution in [0.3, 0.4) is 0 Å². The van der Waals surface area contributed by atoms with Crippen LogP contribution in [0, 0.1) is 0 Å². The van der Waals surface area contributed by atoms with Crippen molar-refractivity contribution in [1.29, 1.82) is 0 Å². The molecule has 0 radical (unpaired) electrons. The van der Waals surface area contributed by atoms with Gasteiger partial charge in [-0.1, -0.05) is 35.3 Å². The van der Waals surface area contributed by atoms with E-state index in [2.05, 4.69) is 4.98 Å². The van der Waals surface area contributed by atoms with E-state index in [1.165, 1.54) is 20.2 Å². The molecule has 0 fully saturated rings. The fraction of sp³-hybridized carbons (Fsp3) is 0.154. The molecule has 0 aliphatic rings. The Hall–Kier alpha value is -1.50. The summed E-state index contributed by atoms with van der Waals surface area (Å²) in [4.78, 5) is 3.71. The van der Waals surface area contributed by atoms with E-state index in [1.54, 1.807) is 24.3 Å². The Labute approximate surface area is 133 Å². The topological polar surface area (TPSA) is 59.5 Å². The molecule has 0 unspecified atom stereocenters. The van der Waals surface area contributed by atoms with Crippen molar-refractivity contribution in [2.75, 3.05) is 18.5 Å². The van der Waals surface area contributed by atoms with Gasteiger partial charge >= 0.3 is 0 Å². The Balaban J connectivity index is 2.50. The second-order valence-electron chi connectivity index (χ2n) is 4.09. The van der Waals surface area contributed by atoms with Gasteiger partial charge in [-0.15, -0.1) is 0 Å². The second-order valence-corrected chi connectivity index (χ2v) is 6.82. The molecule has 1 aromatic heterocycles. The number of pyridine rings is 1. The third kappa shape index (κ3) is 3.07. The second kappa shape index (κ2) is 6.09. The smallest absolute Gasteiger partial charge is 0.265 e. The standard InChI is InChI=1S/C13H12Cl2N2O3S/c1-17(11-5-3-4-6-12(11)20-2)21(18,19)9-7-10(14)13(15)16-8-9/h3-8H,1-2H3. The number of nitrogens with zero attached hydrogens (tertiary/aromatic N) is 2. The number of halogens is 2. The summed E-state index contributed by atoms with van der Waals surface area (Å²) in [5.74, 6) is 0.441. The lowest BCUT2D eigenvalue weighted by Crippen LogP contribution is -2.27. The van der Waals surface area contributed by atoms with Crippen LogP contribution in [-0.4, -0.2) is 27.6 Å². The quantitative estimate of drug-likeness (QED) is 0.797. The Morgan fingerprint density at radius 1 is 1.24 bits per heavy atom. The van der Waals surface area contributed by atoms with Gasteiger partial charge in [-0.3, -0.25) is 4.31 Å². The number of aromatic nitrogens is 1. The van der Waals surface area contributed by atoms with Gasteiger partial charge in [0.1, 0.15) is 15.8 Å². The lowest BCUT2D eigenvalue weighted by molar-refractivity contribution is 0.416. The van der Waals surface area contributed by atoms with E-state index in [0.29, 0.717) is 11.4 Å².